The first kappa shape index (κ1) is 18.7. The van der Waals surface area contributed by atoms with E-state index in [-0.39, 0.29) is 24.9 Å². The molecule has 0 heterocycles. The van der Waals surface area contributed by atoms with Crippen LogP contribution in [0.15, 0.2) is 53.0 Å². The summed E-state index contributed by atoms with van der Waals surface area (Å²) in [4.78, 5) is 35.6. The molecule has 2 rings (SSSR count). The molecule has 130 valence electrons. The van der Waals surface area contributed by atoms with Gasteiger partial charge in [-0.1, -0.05) is 30.3 Å². The predicted octanol–water partition coefficient (Wildman–Crippen LogP) is 2.24. The van der Waals surface area contributed by atoms with E-state index in [0.29, 0.717) is 11.3 Å². The van der Waals surface area contributed by atoms with Gasteiger partial charge in [-0.2, -0.15) is 0 Å². The number of rotatable bonds is 6. The lowest BCUT2D eigenvalue weighted by molar-refractivity contribution is -0.123. The molecule has 6 nitrogen and oxygen atoms in total. The molecular formula is C18H18BrN3O3. The van der Waals surface area contributed by atoms with Crippen molar-refractivity contribution in [2.75, 3.05) is 18.4 Å². The van der Waals surface area contributed by atoms with Crippen LogP contribution in [-0.4, -0.2) is 30.8 Å². The number of carbonyl (C=O) groups excluding carboxylic acids is 3. The number of para-hydroxylation sites is 1. The standard InChI is InChI=1S/C18H18BrN3O3/c1-12-6-2-3-7-13(12)18(25)21-10-16(23)20-11-17(24)22-15-9-5-4-8-14(15)19/h2-9H,10-11H2,1H3,(H,20,23)(H,21,25)(H,22,24). The Hall–Kier alpha value is -2.67. The van der Waals surface area contributed by atoms with Crippen molar-refractivity contribution < 1.29 is 14.4 Å². The number of amides is 3. The normalized spacial score (nSPS) is 10.0. The Balaban J connectivity index is 1.75. The van der Waals surface area contributed by atoms with Crippen molar-refractivity contribution in [1.82, 2.24) is 10.6 Å². The molecule has 0 radical (unpaired) electrons. The molecule has 0 aromatic heterocycles. The van der Waals surface area contributed by atoms with Crippen molar-refractivity contribution in [3.8, 4) is 0 Å². The summed E-state index contributed by atoms with van der Waals surface area (Å²) in [5, 5.41) is 7.67. The van der Waals surface area contributed by atoms with Gasteiger partial charge in [0.1, 0.15) is 0 Å². The highest BCUT2D eigenvalue weighted by atomic mass is 79.9. The highest BCUT2D eigenvalue weighted by molar-refractivity contribution is 9.10. The third-order valence-electron chi connectivity index (χ3n) is 3.39. The molecule has 0 aliphatic rings. The summed E-state index contributed by atoms with van der Waals surface area (Å²) >= 11 is 3.32. The second-order valence-corrected chi connectivity index (χ2v) is 6.16. The van der Waals surface area contributed by atoms with Gasteiger partial charge < -0.3 is 16.0 Å². The molecule has 0 aliphatic heterocycles. The van der Waals surface area contributed by atoms with Crippen molar-refractivity contribution in [3.05, 3.63) is 64.1 Å². The van der Waals surface area contributed by atoms with E-state index in [9.17, 15) is 14.4 Å². The van der Waals surface area contributed by atoms with Gasteiger partial charge in [-0.05, 0) is 46.6 Å². The van der Waals surface area contributed by atoms with Crippen molar-refractivity contribution in [2.45, 2.75) is 6.92 Å². The maximum Gasteiger partial charge on any atom is 0.251 e. The molecule has 3 amide bonds. The fourth-order valence-electron chi connectivity index (χ4n) is 2.08. The van der Waals surface area contributed by atoms with Gasteiger partial charge in [0.25, 0.3) is 5.91 Å². The Morgan fingerprint density at radius 3 is 2.24 bits per heavy atom. The smallest absolute Gasteiger partial charge is 0.251 e. The predicted molar refractivity (Wildman–Crippen MR) is 99.3 cm³/mol. The molecule has 0 bridgehead atoms. The number of hydrogen-bond acceptors (Lipinski definition) is 3. The molecule has 0 saturated carbocycles. The van der Waals surface area contributed by atoms with E-state index >= 15 is 0 Å². The van der Waals surface area contributed by atoms with Gasteiger partial charge in [-0.25, -0.2) is 0 Å². The van der Waals surface area contributed by atoms with Crippen LogP contribution in [-0.2, 0) is 9.59 Å². The van der Waals surface area contributed by atoms with Gasteiger partial charge >= 0.3 is 0 Å². The average Bonchev–Trinajstić information content (AvgIpc) is 2.60. The van der Waals surface area contributed by atoms with Crippen LogP contribution in [0.3, 0.4) is 0 Å². The fraction of sp³-hybridized carbons (Fsp3) is 0.167. The minimum absolute atomic E-state index is 0.180. The van der Waals surface area contributed by atoms with Gasteiger partial charge in [-0.3, -0.25) is 14.4 Å². The molecule has 25 heavy (non-hydrogen) atoms. The molecule has 2 aromatic rings. The first-order valence-corrected chi connectivity index (χ1v) is 8.41. The first-order chi connectivity index (χ1) is 12.0. The Kier molecular flexibility index (Phi) is 6.71. The third-order valence-corrected chi connectivity index (χ3v) is 4.08. The van der Waals surface area contributed by atoms with Crippen molar-refractivity contribution in [1.29, 1.82) is 0 Å². The van der Waals surface area contributed by atoms with E-state index in [2.05, 4.69) is 31.9 Å². The minimum Gasteiger partial charge on any atom is -0.345 e. The van der Waals surface area contributed by atoms with E-state index < -0.39 is 5.91 Å². The molecule has 0 unspecified atom stereocenters. The number of benzene rings is 2. The summed E-state index contributed by atoms with van der Waals surface area (Å²) in [5.41, 5.74) is 1.96. The summed E-state index contributed by atoms with van der Waals surface area (Å²) in [7, 11) is 0. The molecule has 3 N–H and O–H groups in total. The zero-order valence-corrected chi connectivity index (χ0v) is 15.2. The highest BCUT2D eigenvalue weighted by Crippen LogP contribution is 2.20. The summed E-state index contributed by atoms with van der Waals surface area (Å²) in [6.45, 7) is 1.44. The molecule has 2 aromatic carbocycles. The summed E-state index contributed by atoms with van der Waals surface area (Å²) in [6.07, 6.45) is 0. The molecular weight excluding hydrogens is 386 g/mol. The SMILES string of the molecule is Cc1ccccc1C(=O)NCC(=O)NCC(=O)Nc1ccccc1Br. The van der Waals surface area contributed by atoms with E-state index in [0.717, 1.165) is 10.0 Å². The number of nitrogens with one attached hydrogen (secondary N) is 3. The van der Waals surface area contributed by atoms with Crippen molar-refractivity contribution >= 4 is 39.3 Å². The molecule has 7 heteroatoms. The average molecular weight is 404 g/mol. The molecule has 0 spiro atoms. The number of anilines is 1. The topological polar surface area (TPSA) is 87.3 Å². The van der Waals surface area contributed by atoms with Crippen molar-refractivity contribution in [2.24, 2.45) is 0 Å². The van der Waals surface area contributed by atoms with Gasteiger partial charge in [0.15, 0.2) is 0 Å². The van der Waals surface area contributed by atoms with Crippen LogP contribution in [0.4, 0.5) is 5.69 Å². The van der Waals surface area contributed by atoms with Crippen molar-refractivity contribution in [3.63, 3.8) is 0 Å². The largest absolute Gasteiger partial charge is 0.345 e. The lowest BCUT2D eigenvalue weighted by Gasteiger charge is -2.09. The fourth-order valence-corrected chi connectivity index (χ4v) is 2.47. The number of aryl methyl sites for hydroxylation is 1. The minimum atomic E-state index is -0.441. The zero-order chi connectivity index (χ0) is 18.2. The quantitative estimate of drug-likeness (QED) is 0.690. The Bertz CT molecular complexity index is 793. The van der Waals surface area contributed by atoms with Crippen LogP contribution in [0.25, 0.3) is 0 Å². The summed E-state index contributed by atoms with van der Waals surface area (Å²) in [6, 6.07) is 14.3. The summed E-state index contributed by atoms with van der Waals surface area (Å²) < 4.78 is 0.750. The molecule has 0 fully saturated rings. The van der Waals surface area contributed by atoms with E-state index in [1.54, 1.807) is 30.3 Å². The summed E-state index contributed by atoms with van der Waals surface area (Å²) in [5.74, 6) is -1.12. The maximum atomic E-state index is 12.0. The van der Waals surface area contributed by atoms with Gasteiger partial charge in [0, 0.05) is 10.0 Å². The van der Waals surface area contributed by atoms with Gasteiger partial charge in [0.2, 0.25) is 11.8 Å². The van der Waals surface area contributed by atoms with Crippen LogP contribution in [0.2, 0.25) is 0 Å². The Labute approximate surface area is 154 Å². The second kappa shape index (κ2) is 8.98. The second-order valence-electron chi connectivity index (χ2n) is 5.30. The lowest BCUT2D eigenvalue weighted by Crippen LogP contribution is -2.40. The van der Waals surface area contributed by atoms with Gasteiger partial charge in [0.05, 0.1) is 18.8 Å². The maximum absolute atomic E-state index is 12.0. The lowest BCUT2D eigenvalue weighted by atomic mass is 10.1. The third kappa shape index (κ3) is 5.72. The van der Waals surface area contributed by atoms with Crippen LogP contribution in [0.1, 0.15) is 15.9 Å². The Morgan fingerprint density at radius 1 is 0.880 bits per heavy atom. The van der Waals surface area contributed by atoms with Crippen LogP contribution in [0.5, 0.6) is 0 Å². The molecule has 0 atom stereocenters. The van der Waals surface area contributed by atoms with E-state index in [1.807, 2.05) is 25.1 Å². The van der Waals surface area contributed by atoms with E-state index in [1.165, 1.54) is 0 Å². The van der Waals surface area contributed by atoms with Crippen LogP contribution in [0, 0.1) is 6.92 Å². The number of halogens is 1. The first-order valence-electron chi connectivity index (χ1n) is 7.62. The molecule has 0 saturated heterocycles. The monoisotopic (exact) mass is 403 g/mol. The van der Waals surface area contributed by atoms with Crippen LogP contribution >= 0.6 is 15.9 Å². The van der Waals surface area contributed by atoms with Crippen LogP contribution < -0.4 is 16.0 Å². The highest BCUT2D eigenvalue weighted by Gasteiger charge is 2.11. The number of hydrogen-bond donors (Lipinski definition) is 3. The zero-order valence-electron chi connectivity index (χ0n) is 13.6. The van der Waals surface area contributed by atoms with Gasteiger partial charge in [-0.15, -0.1) is 0 Å². The number of carbonyl (C=O) groups is 3. The van der Waals surface area contributed by atoms with E-state index in [4.69, 9.17) is 0 Å². The Morgan fingerprint density at radius 2 is 1.52 bits per heavy atom. The molecule has 0 aliphatic carbocycles.